The maximum Gasteiger partial charge on any atom is 0.100 e. The summed E-state index contributed by atoms with van der Waals surface area (Å²) in [6.45, 7) is 0. The number of rotatable bonds is 3. The lowest BCUT2D eigenvalue weighted by atomic mass is 9.91. The van der Waals surface area contributed by atoms with Crippen molar-refractivity contribution in [2.45, 2.75) is 31.8 Å². The summed E-state index contributed by atoms with van der Waals surface area (Å²) in [5, 5.41) is 10.4. The predicted molar refractivity (Wildman–Crippen MR) is 72.3 cm³/mol. The molecule has 2 rings (SSSR count). The van der Waals surface area contributed by atoms with Crippen molar-refractivity contribution in [3.63, 3.8) is 0 Å². The van der Waals surface area contributed by atoms with Crippen LogP contribution < -0.4 is 4.90 Å². The topological polar surface area (TPSA) is 23.5 Å². The van der Waals surface area contributed by atoms with Gasteiger partial charge in [0.2, 0.25) is 0 Å². The van der Waals surface area contributed by atoms with Crippen LogP contribution in [-0.2, 0) is 0 Å². The quantitative estimate of drug-likeness (QED) is 0.807. The van der Waals surface area contributed by atoms with E-state index in [1.54, 1.807) is 0 Å². The van der Waals surface area contributed by atoms with Crippen molar-refractivity contribution in [2.75, 3.05) is 19.0 Å². The second-order valence-corrected chi connectivity index (χ2v) is 4.92. The van der Waals surface area contributed by atoms with Crippen LogP contribution in [0.5, 0.6) is 0 Å². The van der Waals surface area contributed by atoms with E-state index in [1.807, 2.05) is 26.2 Å². The fourth-order valence-electron chi connectivity index (χ4n) is 2.30. The second kappa shape index (κ2) is 5.37. The molecule has 1 atom stereocenters. The van der Waals surface area contributed by atoms with Gasteiger partial charge in [-0.3, -0.25) is 0 Å². The number of benzene rings is 1. The molecule has 0 aromatic heterocycles. The van der Waals surface area contributed by atoms with E-state index in [4.69, 9.17) is 0 Å². The Hall–Kier alpha value is -1.28. The van der Waals surface area contributed by atoms with Crippen LogP contribution in [-0.4, -0.2) is 19.2 Å². The molecule has 92 valence electrons. The van der Waals surface area contributed by atoms with Crippen molar-refractivity contribution in [2.24, 2.45) is 0 Å². The molecule has 0 heterocycles. The normalized spacial score (nSPS) is 17.5. The van der Waals surface area contributed by atoms with Gasteiger partial charge in [0.25, 0.3) is 0 Å². The number of hydrogen-bond acceptors (Lipinski definition) is 2. The molecule has 0 amide bonds. The summed E-state index contributed by atoms with van der Waals surface area (Å²) in [7, 11) is 4.04. The van der Waals surface area contributed by atoms with Crippen LogP contribution in [0.25, 0.3) is 0 Å². The fraction of sp³-hybridized carbons (Fsp3) is 0.467. The minimum atomic E-state index is -0.421. The summed E-state index contributed by atoms with van der Waals surface area (Å²) in [5.41, 5.74) is 3.33. The van der Waals surface area contributed by atoms with E-state index in [1.165, 1.54) is 18.4 Å². The Morgan fingerprint density at radius 3 is 2.71 bits per heavy atom. The van der Waals surface area contributed by atoms with Gasteiger partial charge in [-0.1, -0.05) is 18.2 Å². The molecule has 0 saturated heterocycles. The van der Waals surface area contributed by atoms with Crippen molar-refractivity contribution >= 4 is 5.69 Å². The average molecular weight is 231 g/mol. The molecule has 0 bridgehead atoms. The first kappa shape index (κ1) is 12.2. The number of nitrogens with zero attached hydrogens (tertiary/aromatic N) is 1. The Morgan fingerprint density at radius 2 is 2.06 bits per heavy atom. The SMILES string of the molecule is CN(C)c1cccc(C(O)C2=CCCCC2)c1. The van der Waals surface area contributed by atoms with E-state index in [-0.39, 0.29) is 0 Å². The lowest BCUT2D eigenvalue weighted by Crippen LogP contribution is -2.10. The molecule has 0 fully saturated rings. The first-order valence-corrected chi connectivity index (χ1v) is 6.33. The Balaban J connectivity index is 2.21. The maximum atomic E-state index is 10.4. The summed E-state index contributed by atoms with van der Waals surface area (Å²) in [5.74, 6) is 0. The molecule has 1 aliphatic carbocycles. The molecule has 0 spiro atoms. The minimum absolute atomic E-state index is 0.421. The monoisotopic (exact) mass is 231 g/mol. The highest BCUT2D eigenvalue weighted by Crippen LogP contribution is 2.30. The molecular formula is C15H21NO. The van der Waals surface area contributed by atoms with Crippen molar-refractivity contribution in [1.82, 2.24) is 0 Å². The van der Waals surface area contributed by atoms with E-state index < -0.39 is 6.10 Å². The van der Waals surface area contributed by atoms with Gasteiger partial charge in [-0.25, -0.2) is 0 Å². The van der Waals surface area contributed by atoms with E-state index in [0.29, 0.717) is 0 Å². The third kappa shape index (κ3) is 2.89. The van der Waals surface area contributed by atoms with Crippen LogP contribution in [0.1, 0.15) is 37.4 Å². The maximum absolute atomic E-state index is 10.4. The van der Waals surface area contributed by atoms with Gasteiger partial charge in [-0.15, -0.1) is 0 Å². The standard InChI is InChI=1S/C15H21NO/c1-16(2)14-10-6-9-13(11-14)15(17)12-7-4-3-5-8-12/h6-7,9-11,15,17H,3-5,8H2,1-2H3. The average Bonchev–Trinajstić information content (AvgIpc) is 2.39. The van der Waals surface area contributed by atoms with E-state index in [9.17, 15) is 5.11 Å². The molecule has 1 aromatic rings. The summed E-state index contributed by atoms with van der Waals surface area (Å²) in [6, 6.07) is 8.15. The van der Waals surface area contributed by atoms with Gasteiger partial charge >= 0.3 is 0 Å². The number of aliphatic hydroxyl groups is 1. The zero-order valence-electron chi connectivity index (χ0n) is 10.7. The number of anilines is 1. The van der Waals surface area contributed by atoms with Crippen LogP contribution >= 0.6 is 0 Å². The molecule has 2 nitrogen and oxygen atoms in total. The third-order valence-electron chi connectivity index (χ3n) is 3.38. The zero-order valence-corrected chi connectivity index (χ0v) is 10.7. The van der Waals surface area contributed by atoms with E-state index in [2.05, 4.69) is 23.1 Å². The van der Waals surface area contributed by atoms with E-state index >= 15 is 0 Å². The third-order valence-corrected chi connectivity index (χ3v) is 3.38. The Bertz CT molecular complexity index is 409. The lowest BCUT2D eigenvalue weighted by Gasteiger charge is -2.20. The first-order chi connectivity index (χ1) is 8.18. The summed E-state index contributed by atoms with van der Waals surface area (Å²) in [6.07, 6.45) is 6.39. The fourth-order valence-corrected chi connectivity index (χ4v) is 2.30. The molecule has 2 heteroatoms. The summed E-state index contributed by atoms with van der Waals surface area (Å²) < 4.78 is 0. The Morgan fingerprint density at radius 1 is 1.24 bits per heavy atom. The summed E-state index contributed by atoms with van der Waals surface area (Å²) >= 11 is 0. The van der Waals surface area contributed by atoms with Gasteiger partial charge in [-0.05, 0) is 49.0 Å². The van der Waals surface area contributed by atoms with Crippen molar-refractivity contribution in [3.8, 4) is 0 Å². The predicted octanol–water partition coefficient (Wildman–Crippen LogP) is 3.29. The van der Waals surface area contributed by atoms with Gasteiger partial charge in [0, 0.05) is 19.8 Å². The van der Waals surface area contributed by atoms with Gasteiger partial charge < -0.3 is 10.0 Å². The highest BCUT2D eigenvalue weighted by Gasteiger charge is 2.15. The molecule has 0 radical (unpaired) electrons. The Kier molecular flexibility index (Phi) is 3.85. The first-order valence-electron chi connectivity index (χ1n) is 6.33. The van der Waals surface area contributed by atoms with Crippen molar-refractivity contribution in [3.05, 3.63) is 41.5 Å². The molecular weight excluding hydrogens is 210 g/mol. The van der Waals surface area contributed by atoms with Crippen molar-refractivity contribution < 1.29 is 5.11 Å². The molecule has 1 aliphatic rings. The van der Waals surface area contributed by atoms with E-state index in [0.717, 1.165) is 24.1 Å². The van der Waals surface area contributed by atoms with Gasteiger partial charge in [0.15, 0.2) is 0 Å². The molecule has 1 unspecified atom stereocenters. The molecule has 1 N–H and O–H groups in total. The van der Waals surface area contributed by atoms with Crippen LogP contribution in [0.4, 0.5) is 5.69 Å². The molecule has 17 heavy (non-hydrogen) atoms. The number of allylic oxidation sites excluding steroid dienone is 1. The highest BCUT2D eigenvalue weighted by atomic mass is 16.3. The van der Waals surface area contributed by atoms with Crippen LogP contribution in [0.2, 0.25) is 0 Å². The Labute approximate surface area is 104 Å². The smallest absolute Gasteiger partial charge is 0.100 e. The molecule has 1 aromatic carbocycles. The molecule has 0 saturated carbocycles. The van der Waals surface area contributed by atoms with Gasteiger partial charge in [0.1, 0.15) is 6.10 Å². The van der Waals surface area contributed by atoms with Crippen molar-refractivity contribution in [1.29, 1.82) is 0 Å². The number of aliphatic hydroxyl groups excluding tert-OH is 1. The minimum Gasteiger partial charge on any atom is -0.384 e. The van der Waals surface area contributed by atoms with Crippen LogP contribution in [0.15, 0.2) is 35.9 Å². The van der Waals surface area contributed by atoms with Gasteiger partial charge in [0.05, 0.1) is 0 Å². The summed E-state index contributed by atoms with van der Waals surface area (Å²) in [4.78, 5) is 2.06. The lowest BCUT2D eigenvalue weighted by molar-refractivity contribution is 0.208. The van der Waals surface area contributed by atoms with Crippen LogP contribution in [0, 0.1) is 0 Å². The van der Waals surface area contributed by atoms with Gasteiger partial charge in [-0.2, -0.15) is 0 Å². The number of hydrogen-bond donors (Lipinski definition) is 1. The second-order valence-electron chi connectivity index (χ2n) is 4.92. The largest absolute Gasteiger partial charge is 0.384 e. The highest BCUT2D eigenvalue weighted by molar-refractivity contribution is 5.48. The zero-order chi connectivity index (χ0) is 12.3. The van der Waals surface area contributed by atoms with Crippen LogP contribution in [0.3, 0.4) is 0 Å². The molecule has 0 aliphatic heterocycles.